The van der Waals surface area contributed by atoms with E-state index in [1.54, 1.807) is 11.1 Å². The van der Waals surface area contributed by atoms with Gasteiger partial charge in [0.25, 0.3) is 0 Å². The smallest absolute Gasteiger partial charge is 0.0484 e. The fourth-order valence-corrected chi connectivity index (χ4v) is 4.06. The van der Waals surface area contributed by atoms with Gasteiger partial charge in [0.05, 0.1) is 0 Å². The summed E-state index contributed by atoms with van der Waals surface area (Å²) >= 11 is 0. The number of hydrogen-bond acceptors (Lipinski definition) is 2. The quantitative estimate of drug-likeness (QED) is 0.902. The van der Waals surface area contributed by atoms with Gasteiger partial charge in [-0.2, -0.15) is 0 Å². The molecule has 21 heavy (non-hydrogen) atoms. The van der Waals surface area contributed by atoms with Gasteiger partial charge >= 0.3 is 0 Å². The van der Waals surface area contributed by atoms with Crippen LogP contribution in [0, 0.1) is 0 Å². The lowest BCUT2D eigenvalue weighted by Gasteiger charge is -2.35. The van der Waals surface area contributed by atoms with Crippen molar-refractivity contribution in [3.63, 3.8) is 0 Å². The van der Waals surface area contributed by atoms with E-state index in [0.29, 0.717) is 12.1 Å². The molecule has 0 bridgehead atoms. The Morgan fingerprint density at radius 3 is 2.52 bits per heavy atom. The van der Waals surface area contributed by atoms with Crippen LogP contribution < -0.4 is 5.32 Å². The second kappa shape index (κ2) is 7.42. The highest BCUT2D eigenvalue weighted by molar-refractivity contribution is 5.37. The van der Waals surface area contributed by atoms with Crippen LogP contribution in [0.1, 0.15) is 62.6 Å². The van der Waals surface area contributed by atoms with E-state index in [2.05, 4.69) is 41.4 Å². The Hall–Kier alpha value is -0.860. The van der Waals surface area contributed by atoms with Crippen molar-refractivity contribution in [1.82, 2.24) is 10.2 Å². The molecule has 0 radical (unpaired) electrons. The highest BCUT2D eigenvalue weighted by atomic mass is 15.2. The van der Waals surface area contributed by atoms with Gasteiger partial charge in [-0.25, -0.2) is 0 Å². The van der Waals surface area contributed by atoms with Crippen molar-refractivity contribution < 1.29 is 0 Å². The molecule has 1 aliphatic carbocycles. The average Bonchev–Trinajstić information content (AvgIpc) is 2.83. The standard InChI is InChI=1S/C19H30N2/c1-2-12-20-19-17-11-7-6-10-16(17)15-18(19)21-13-8-4-3-5-9-14-21/h6-7,10-11,18-20H,2-5,8-9,12-15H2,1H3. The van der Waals surface area contributed by atoms with Crippen LogP contribution in [0.4, 0.5) is 0 Å². The molecule has 1 heterocycles. The molecule has 2 heteroatoms. The zero-order valence-corrected chi connectivity index (χ0v) is 13.5. The monoisotopic (exact) mass is 286 g/mol. The van der Waals surface area contributed by atoms with Gasteiger partial charge in [0.15, 0.2) is 0 Å². The summed E-state index contributed by atoms with van der Waals surface area (Å²) in [6, 6.07) is 10.3. The summed E-state index contributed by atoms with van der Waals surface area (Å²) < 4.78 is 0. The van der Waals surface area contributed by atoms with Gasteiger partial charge in [0.1, 0.15) is 0 Å². The Kier molecular flexibility index (Phi) is 5.32. The minimum absolute atomic E-state index is 0.542. The van der Waals surface area contributed by atoms with Crippen LogP contribution >= 0.6 is 0 Å². The molecule has 1 aromatic carbocycles. The van der Waals surface area contributed by atoms with Crippen molar-refractivity contribution in [2.75, 3.05) is 19.6 Å². The van der Waals surface area contributed by atoms with Crippen LogP contribution in [-0.2, 0) is 6.42 Å². The van der Waals surface area contributed by atoms with Crippen molar-refractivity contribution >= 4 is 0 Å². The van der Waals surface area contributed by atoms with E-state index in [9.17, 15) is 0 Å². The van der Waals surface area contributed by atoms with Crippen LogP contribution in [0.25, 0.3) is 0 Å². The number of fused-ring (bicyclic) bond motifs is 1. The lowest BCUT2D eigenvalue weighted by atomic mass is 10.0. The molecular weight excluding hydrogens is 256 g/mol. The number of nitrogens with zero attached hydrogens (tertiary/aromatic N) is 1. The number of rotatable bonds is 4. The number of benzene rings is 1. The van der Waals surface area contributed by atoms with Crippen LogP contribution in [0.5, 0.6) is 0 Å². The molecule has 0 spiro atoms. The van der Waals surface area contributed by atoms with Crippen molar-refractivity contribution in [3.8, 4) is 0 Å². The zero-order chi connectivity index (χ0) is 14.5. The van der Waals surface area contributed by atoms with Gasteiger partial charge in [0, 0.05) is 12.1 Å². The molecular formula is C19H30N2. The number of hydrogen-bond donors (Lipinski definition) is 1. The molecule has 1 fully saturated rings. The van der Waals surface area contributed by atoms with Gasteiger partial charge in [-0.15, -0.1) is 0 Å². The van der Waals surface area contributed by atoms with Crippen LogP contribution in [-0.4, -0.2) is 30.6 Å². The Labute approximate surface area is 129 Å². The first-order valence-electron chi connectivity index (χ1n) is 8.95. The molecule has 2 aliphatic rings. The summed E-state index contributed by atoms with van der Waals surface area (Å²) in [6.07, 6.45) is 9.49. The number of nitrogens with one attached hydrogen (secondary N) is 1. The van der Waals surface area contributed by atoms with E-state index in [4.69, 9.17) is 0 Å². The van der Waals surface area contributed by atoms with Gasteiger partial charge in [-0.1, -0.05) is 50.5 Å². The van der Waals surface area contributed by atoms with Crippen molar-refractivity contribution in [2.45, 2.75) is 64.0 Å². The van der Waals surface area contributed by atoms with Crippen LogP contribution in [0.2, 0.25) is 0 Å². The molecule has 1 aromatic rings. The molecule has 1 N–H and O–H groups in total. The molecule has 116 valence electrons. The highest BCUT2D eigenvalue weighted by Crippen LogP contribution is 2.35. The van der Waals surface area contributed by atoms with E-state index in [1.807, 2.05) is 0 Å². The summed E-state index contributed by atoms with van der Waals surface area (Å²) in [5.41, 5.74) is 3.12. The Morgan fingerprint density at radius 1 is 1.05 bits per heavy atom. The second-order valence-corrected chi connectivity index (χ2v) is 6.71. The minimum atomic E-state index is 0.542. The van der Waals surface area contributed by atoms with Gasteiger partial charge in [-0.3, -0.25) is 4.90 Å². The van der Waals surface area contributed by atoms with Gasteiger partial charge < -0.3 is 5.32 Å². The largest absolute Gasteiger partial charge is 0.309 e. The van der Waals surface area contributed by atoms with Gasteiger partial charge in [0.2, 0.25) is 0 Å². The second-order valence-electron chi connectivity index (χ2n) is 6.71. The molecule has 1 saturated heterocycles. The maximum Gasteiger partial charge on any atom is 0.0484 e. The molecule has 2 unspecified atom stereocenters. The molecule has 3 rings (SSSR count). The van der Waals surface area contributed by atoms with Crippen LogP contribution in [0.15, 0.2) is 24.3 Å². The maximum atomic E-state index is 3.83. The van der Waals surface area contributed by atoms with E-state index in [0.717, 1.165) is 6.54 Å². The fraction of sp³-hybridized carbons (Fsp3) is 0.684. The van der Waals surface area contributed by atoms with E-state index in [-0.39, 0.29) is 0 Å². The third-order valence-electron chi connectivity index (χ3n) is 5.18. The third kappa shape index (κ3) is 3.49. The first kappa shape index (κ1) is 15.1. The predicted molar refractivity (Wildman–Crippen MR) is 89.6 cm³/mol. The lowest BCUT2D eigenvalue weighted by molar-refractivity contribution is 0.152. The average molecular weight is 286 g/mol. The fourth-order valence-electron chi connectivity index (χ4n) is 4.06. The Bertz CT molecular complexity index is 435. The minimum Gasteiger partial charge on any atom is -0.309 e. The van der Waals surface area contributed by atoms with E-state index in [1.165, 1.54) is 58.0 Å². The highest BCUT2D eigenvalue weighted by Gasteiger charge is 2.35. The molecule has 2 nitrogen and oxygen atoms in total. The predicted octanol–water partition coefficient (Wildman–Crippen LogP) is 3.92. The summed E-state index contributed by atoms with van der Waals surface area (Å²) in [5, 5.41) is 3.83. The van der Waals surface area contributed by atoms with Crippen molar-refractivity contribution in [2.24, 2.45) is 0 Å². The molecule has 2 atom stereocenters. The Morgan fingerprint density at radius 2 is 1.76 bits per heavy atom. The summed E-state index contributed by atoms with van der Waals surface area (Å²) in [5.74, 6) is 0. The Balaban J connectivity index is 1.76. The summed E-state index contributed by atoms with van der Waals surface area (Å²) in [7, 11) is 0. The van der Waals surface area contributed by atoms with Crippen LogP contribution in [0.3, 0.4) is 0 Å². The number of likely N-dealkylation sites (tertiary alicyclic amines) is 1. The van der Waals surface area contributed by atoms with Crippen molar-refractivity contribution in [3.05, 3.63) is 35.4 Å². The normalized spacial score (nSPS) is 27.1. The molecule has 0 aromatic heterocycles. The topological polar surface area (TPSA) is 15.3 Å². The zero-order valence-electron chi connectivity index (χ0n) is 13.5. The first-order valence-corrected chi connectivity index (χ1v) is 8.95. The SMILES string of the molecule is CCCNC1c2ccccc2CC1N1CCCCCCC1. The lowest BCUT2D eigenvalue weighted by Crippen LogP contribution is -2.44. The molecule has 0 amide bonds. The molecule has 0 saturated carbocycles. The summed E-state index contributed by atoms with van der Waals surface area (Å²) in [6.45, 7) is 5.98. The van der Waals surface area contributed by atoms with Gasteiger partial charge in [-0.05, 0) is 56.4 Å². The first-order chi connectivity index (χ1) is 10.4. The molecule has 1 aliphatic heterocycles. The maximum absolute atomic E-state index is 3.83. The van der Waals surface area contributed by atoms with Crippen molar-refractivity contribution in [1.29, 1.82) is 0 Å². The van der Waals surface area contributed by atoms with E-state index >= 15 is 0 Å². The van der Waals surface area contributed by atoms with E-state index < -0.39 is 0 Å². The third-order valence-corrected chi connectivity index (χ3v) is 5.18. The summed E-state index contributed by atoms with van der Waals surface area (Å²) in [4.78, 5) is 2.78.